The molecule has 19 heavy (non-hydrogen) atoms. The van der Waals surface area contributed by atoms with Crippen molar-refractivity contribution in [3.8, 4) is 0 Å². The number of ether oxygens (including phenoxy) is 1. The van der Waals surface area contributed by atoms with Crippen molar-refractivity contribution in [2.45, 2.75) is 43.7 Å². The van der Waals surface area contributed by atoms with Crippen molar-refractivity contribution in [1.29, 1.82) is 0 Å². The third-order valence-corrected chi connectivity index (χ3v) is 3.91. The first kappa shape index (κ1) is 14.3. The van der Waals surface area contributed by atoms with Crippen LogP contribution in [0.15, 0.2) is 5.16 Å². The molecule has 7 nitrogen and oxygen atoms in total. The summed E-state index contributed by atoms with van der Waals surface area (Å²) in [4.78, 5) is 10.6. The smallest absolute Gasteiger partial charge is 0.313 e. The Morgan fingerprint density at radius 3 is 3.00 bits per heavy atom. The molecule has 2 N–H and O–H groups in total. The Hall–Kier alpha value is -1.12. The topological polar surface area (TPSA) is 97.5 Å². The lowest BCUT2D eigenvalue weighted by Crippen LogP contribution is -2.13. The third kappa shape index (κ3) is 3.92. The average Bonchev–Trinajstić information content (AvgIpc) is 3.02. The number of aliphatic carboxylic acids is 1. The maximum atomic E-state index is 10.6. The van der Waals surface area contributed by atoms with Gasteiger partial charge in [0.2, 0.25) is 0 Å². The predicted octanol–water partition coefficient (Wildman–Crippen LogP) is 0.516. The highest BCUT2D eigenvalue weighted by molar-refractivity contribution is 7.99. The van der Waals surface area contributed by atoms with Gasteiger partial charge in [-0.2, -0.15) is 0 Å². The predicted molar refractivity (Wildman–Crippen MR) is 67.9 cm³/mol. The Bertz CT molecular complexity index is 432. The summed E-state index contributed by atoms with van der Waals surface area (Å²) in [6.07, 6.45) is 3.20. The van der Waals surface area contributed by atoms with Gasteiger partial charge >= 0.3 is 5.97 Å². The van der Waals surface area contributed by atoms with Gasteiger partial charge in [-0.3, -0.25) is 4.79 Å². The van der Waals surface area contributed by atoms with Gasteiger partial charge in [0.15, 0.2) is 11.0 Å². The molecule has 1 aromatic heterocycles. The number of hydrogen-bond donors (Lipinski definition) is 2. The number of carboxylic acids is 1. The molecule has 0 amide bonds. The molecule has 0 aromatic carbocycles. The molecule has 0 aliphatic carbocycles. The van der Waals surface area contributed by atoms with E-state index in [1.807, 2.05) is 0 Å². The van der Waals surface area contributed by atoms with E-state index in [-0.39, 0.29) is 18.5 Å². The minimum Gasteiger partial charge on any atom is -0.481 e. The van der Waals surface area contributed by atoms with E-state index >= 15 is 0 Å². The number of rotatable bonds is 7. The van der Waals surface area contributed by atoms with Gasteiger partial charge in [-0.15, -0.1) is 10.2 Å². The van der Waals surface area contributed by atoms with Crippen molar-refractivity contribution >= 4 is 17.7 Å². The highest BCUT2D eigenvalue weighted by Gasteiger charge is 2.18. The Morgan fingerprint density at radius 2 is 2.37 bits per heavy atom. The number of carbonyl (C=O) groups is 1. The van der Waals surface area contributed by atoms with Crippen LogP contribution < -0.4 is 0 Å². The molecule has 2 heterocycles. The summed E-state index contributed by atoms with van der Waals surface area (Å²) in [6.45, 7) is 1.24. The fourth-order valence-electron chi connectivity index (χ4n) is 2.04. The monoisotopic (exact) mass is 287 g/mol. The van der Waals surface area contributed by atoms with E-state index in [9.17, 15) is 9.90 Å². The first-order chi connectivity index (χ1) is 9.20. The molecular weight excluding hydrogens is 270 g/mol. The summed E-state index contributed by atoms with van der Waals surface area (Å²) in [5.74, 6) is -0.501. The van der Waals surface area contributed by atoms with Crippen LogP contribution in [0.5, 0.6) is 0 Å². The van der Waals surface area contributed by atoms with Crippen molar-refractivity contribution in [2.75, 3.05) is 12.4 Å². The molecule has 0 saturated carbocycles. The Balaban J connectivity index is 1.98. The Labute approximate surface area is 115 Å². The quantitative estimate of drug-likeness (QED) is 0.705. The van der Waals surface area contributed by atoms with E-state index < -0.39 is 5.97 Å². The first-order valence-electron chi connectivity index (χ1n) is 6.20. The summed E-state index contributed by atoms with van der Waals surface area (Å²) in [7, 11) is 0. The lowest BCUT2D eigenvalue weighted by Gasteiger charge is -2.12. The van der Waals surface area contributed by atoms with Crippen LogP contribution in [0.2, 0.25) is 0 Å². The summed E-state index contributed by atoms with van der Waals surface area (Å²) in [6, 6.07) is 0. The zero-order valence-corrected chi connectivity index (χ0v) is 11.3. The van der Waals surface area contributed by atoms with Crippen molar-refractivity contribution in [2.24, 2.45) is 0 Å². The number of aromatic nitrogens is 3. The molecule has 8 heteroatoms. The van der Waals surface area contributed by atoms with E-state index in [1.165, 1.54) is 0 Å². The molecule has 1 aromatic rings. The molecule has 2 rings (SSSR count). The normalized spacial score (nSPS) is 18.9. The highest BCUT2D eigenvalue weighted by Crippen LogP contribution is 2.20. The summed E-state index contributed by atoms with van der Waals surface area (Å²) in [5.41, 5.74) is 0. The zero-order valence-electron chi connectivity index (χ0n) is 10.5. The Kier molecular flexibility index (Phi) is 5.17. The summed E-state index contributed by atoms with van der Waals surface area (Å²) >= 11 is 1.11. The second-order valence-electron chi connectivity index (χ2n) is 4.31. The van der Waals surface area contributed by atoms with E-state index in [1.54, 1.807) is 4.57 Å². The van der Waals surface area contributed by atoms with Crippen LogP contribution >= 0.6 is 11.8 Å². The highest BCUT2D eigenvalue weighted by atomic mass is 32.2. The van der Waals surface area contributed by atoms with Gasteiger partial charge in [0.05, 0.1) is 11.9 Å². The van der Waals surface area contributed by atoms with E-state index in [0.29, 0.717) is 17.5 Å². The standard InChI is InChI=1S/C11H17N3O4S/c15-6-9-12-13-11(19-7-10(16)17)14(9)4-3-8-2-1-5-18-8/h8,15H,1-7H2,(H,16,17). The number of carboxylic acid groups (broad SMARTS) is 1. The number of nitrogens with zero attached hydrogens (tertiary/aromatic N) is 3. The average molecular weight is 287 g/mol. The minimum absolute atomic E-state index is 0.0660. The van der Waals surface area contributed by atoms with Crippen LogP contribution in [0.3, 0.4) is 0 Å². The van der Waals surface area contributed by atoms with Crippen LogP contribution in [0, 0.1) is 0 Å². The largest absolute Gasteiger partial charge is 0.481 e. The second kappa shape index (κ2) is 6.88. The maximum absolute atomic E-state index is 10.6. The number of aliphatic hydroxyl groups is 1. The number of thioether (sulfide) groups is 1. The van der Waals surface area contributed by atoms with Gasteiger partial charge in [-0.05, 0) is 19.3 Å². The van der Waals surface area contributed by atoms with Crippen LogP contribution in [-0.2, 0) is 22.7 Å². The number of hydrogen-bond acceptors (Lipinski definition) is 6. The molecule has 1 aliphatic heterocycles. The van der Waals surface area contributed by atoms with Crippen LogP contribution in [0.1, 0.15) is 25.1 Å². The van der Waals surface area contributed by atoms with E-state index in [4.69, 9.17) is 9.84 Å². The zero-order chi connectivity index (χ0) is 13.7. The van der Waals surface area contributed by atoms with Crippen LogP contribution in [0.4, 0.5) is 0 Å². The van der Waals surface area contributed by atoms with Crippen molar-refractivity contribution < 1.29 is 19.7 Å². The van der Waals surface area contributed by atoms with Crippen molar-refractivity contribution in [3.05, 3.63) is 5.82 Å². The molecule has 0 radical (unpaired) electrons. The number of aliphatic hydroxyl groups excluding tert-OH is 1. The summed E-state index contributed by atoms with van der Waals surface area (Å²) in [5, 5.41) is 26.2. The van der Waals surface area contributed by atoms with Crippen LogP contribution in [0.25, 0.3) is 0 Å². The maximum Gasteiger partial charge on any atom is 0.313 e. The summed E-state index contributed by atoms with van der Waals surface area (Å²) < 4.78 is 7.32. The Morgan fingerprint density at radius 1 is 1.53 bits per heavy atom. The fraction of sp³-hybridized carbons (Fsp3) is 0.727. The SMILES string of the molecule is O=C(O)CSc1nnc(CO)n1CCC1CCCO1. The fourth-order valence-corrected chi connectivity index (χ4v) is 2.74. The lowest BCUT2D eigenvalue weighted by atomic mass is 10.2. The van der Waals surface area contributed by atoms with Gasteiger partial charge in [-0.1, -0.05) is 11.8 Å². The first-order valence-corrected chi connectivity index (χ1v) is 7.18. The molecule has 0 bridgehead atoms. The molecule has 1 fully saturated rings. The minimum atomic E-state index is -0.899. The molecule has 1 aliphatic rings. The third-order valence-electron chi connectivity index (χ3n) is 2.96. The molecule has 106 valence electrons. The van der Waals surface area contributed by atoms with Gasteiger partial charge in [0.25, 0.3) is 0 Å². The molecular formula is C11H17N3O4S. The van der Waals surface area contributed by atoms with Gasteiger partial charge in [0, 0.05) is 13.2 Å². The van der Waals surface area contributed by atoms with Crippen molar-refractivity contribution in [3.63, 3.8) is 0 Å². The van der Waals surface area contributed by atoms with Crippen molar-refractivity contribution in [1.82, 2.24) is 14.8 Å². The second-order valence-corrected chi connectivity index (χ2v) is 5.26. The van der Waals surface area contributed by atoms with E-state index in [2.05, 4.69) is 10.2 Å². The van der Waals surface area contributed by atoms with Crippen LogP contribution in [-0.4, -0.2) is 49.4 Å². The molecule has 0 spiro atoms. The van der Waals surface area contributed by atoms with E-state index in [0.717, 1.165) is 37.6 Å². The molecule has 1 unspecified atom stereocenters. The van der Waals surface area contributed by atoms with Gasteiger partial charge in [-0.25, -0.2) is 0 Å². The molecule has 1 atom stereocenters. The van der Waals surface area contributed by atoms with Gasteiger partial charge < -0.3 is 19.5 Å². The van der Waals surface area contributed by atoms with Gasteiger partial charge in [0.1, 0.15) is 6.61 Å². The lowest BCUT2D eigenvalue weighted by molar-refractivity contribution is -0.133. The molecule has 1 saturated heterocycles.